The van der Waals surface area contributed by atoms with E-state index >= 15 is 0 Å². The molecular weight excluding hydrogens is 308 g/mol. The highest BCUT2D eigenvalue weighted by atomic mass is 16.3. The van der Waals surface area contributed by atoms with Gasteiger partial charge in [0.25, 0.3) is 0 Å². The normalized spacial score (nSPS) is 48.4. The highest BCUT2D eigenvalue weighted by Gasteiger charge is 2.58. The first-order chi connectivity index (χ1) is 11.9. The van der Waals surface area contributed by atoms with Crippen LogP contribution in [0.15, 0.2) is 11.6 Å². The van der Waals surface area contributed by atoms with E-state index in [1.165, 1.54) is 44.9 Å². The summed E-state index contributed by atoms with van der Waals surface area (Å²) < 4.78 is 0. The third-order valence-corrected chi connectivity index (χ3v) is 8.54. The minimum Gasteiger partial charge on any atom is -0.393 e. The van der Waals surface area contributed by atoms with Crippen LogP contribution >= 0.6 is 0 Å². The van der Waals surface area contributed by atoms with Gasteiger partial charge in [0.05, 0.1) is 12.2 Å². The standard InChI is InChI=1S/C19H30O2.C4H10/c1-18-9-7-13(20)11-12(18)3-4-14-15-5-6-17(21)19(15,2)10-8-16(14)18;1-3-4-2/h11,13-17,20-21H,3-10H2,1-2H3;3-4H2,1-2H3. The van der Waals surface area contributed by atoms with Crippen LogP contribution < -0.4 is 0 Å². The summed E-state index contributed by atoms with van der Waals surface area (Å²) in [5, 5.41) is 20.4. The maximum atomic E-state index is 10.5. The van der Waals surface area contributed by atoms with E-state index in [9.17, 15) is 10.2 Å². The number of allylic oxidation sites excluding steroid dienone is 1. The van der Waals surface area contributed by atoms with E-state index < -0.39 is 0 Å². The molecule has 25 heavy (non-hydrogen) atoms. The van der Waals surface area contributed by atoms with Gasteiger partial charge in [-0.2, -0.15) is 0 Å². The van der Waals surface area contributed by atoms with E-state index in [1.807, 2.05) is 0 Å². The van der Waals surface area contributed by atoms with Gasteiger partial charge < -0.3 is 10.2 Å². The Morgan fingerprint density at radius 2 is 1.64 bits per heavy atom. The average Bonchev–Trinajstić information content (AvgIpc) is 2.91. The fourth-order valence-corrected chi connectivity index (χ4v) is 6.68. The van der Waals surface area contributed by atoms with Gasteiger partial charge in [0.1, 0.15) is 0 Å². The monoisotopic (exact) mass is 348 g/mol. The predicted octanol–water partition coefficient (Wildman–Crippen LogP) is 5.48. The lowest BCUT2D eigenvalue weighted by Crippen LogP contribution is -2.51. The summed E-state index contributed by atoms with van der Waals surface area (Å²) in [5.74, 6) is 2.32. The van der Waals surface area contributed by atoms with E-state index in [1.54, 1.807) is 5.57 Å². The maximum Gasteiger partial charge on any atom is 0.0724 e. The number of aliphatic hydroxyl groups excluding tert-OH is 2. The van der Waals surface area contributed by atoms with E-state index in [4.69, 9.17) is 0 Å². The summed E-state index contributed by atoms with van der Waals surface area (Å²) in [6.45, 7) is 9.18. The van der Waals surface area contributed by atoms with E-state index in [2.05, 4.69) is 33.8 Å². The van der Waals surface area contributed by atoms with Gasteiger partial charge in [0.15, 0.2) is 0 Å². The van der Waals surface area contributed by atoms with Crippen molar-refractivity contribution in [3.05, 3.63) is 11.6 Å². The number of aliphatic hydroxyl groups is 2. The topological polar surface area (TPSA) is 40.5 Å². The molecule has 0 bridgehead atoms. The first kappa shape index (κ1) is 19.4. The van der Waals surface area contributed by atoms with E-state index in [0.29, 0.717) is 5.41 Å². The van der Waals surface area contributed by atoms with Crippen LogP contribution in [-0.2, 0) is 0 Å². The Labute approximate surface area is 155 Å². The smallest absolute Gasteiger partial charge is 0.0724 e. The van der Waals surface area contributed by atoms with Crippen molar-refractivity contribution in [3.63, 3.8) is 0 Å². The molecule has 7 unspecified atom stereocenters. The van der Waals surface area contributed by atoms with Crippen molar-refractivity contribution in [2.75, 3.05) is 0 Å². The van der Waals surface area contributed by atoms with E-state index in [0.717, 1.165) is 37.0 Å². The molecule has 0 saturated heterocycles. The molecule has 0 aromatic rings. The molecule has 0 aromatic heterocycles. The second kappa shape index (κ2) is 7.35. The summed E-state index contributed by atoms with van der Waals surface area (Å²) >= 11 is 0. The first-order valence-corrected chi connectivity index (χ1v) is 10.9. The fourth-order valence-electron chi connectivity index (χ4n) is 6.68. The Morgan fingerprint density at radius 3 is 2.32 bits per heavy atom. The summed E-state index contributed by atoms with van der Waals surface area (Å²) in [6, 6.07) is 0. The zero-order valence-electron chi connectivity index (χ0n) is 16.9. The van der Waals surface area contributed by atoms with Gasteiger partial charge in [-0.05, 0) is 80.0 Å². The molecule has 0 aromatic carbocycles. The SMILES string of the molecule is CC12CCC(O)C=C1CCC1C2CCC2(C)C(O)CCC12.CCCC. The highest BCUT2D eigenvalue weighted by molar-refractivity contribution is 5.25. The second-order valence-electron chi connectivity index (χ2n) is 9.77. The van der Waals surface area contributed by atoms with Gasteiger partial charge in [0.2, 0.25) is 0 Å². The quantitative estimate of drug-likeness (QED) is 0.616. The Morgan fingerprint density at radius 1 is 0.920 bits per heavy atom. The van der Waals surface area contributed by atoms with Crippen LogP contribution in [0.25, 0.3) is 0 Å². The molecule has 0 aliphatic heterocycles. The van der Waals surface area contributed by atoms with Crippen LogP contribution in [0.5, 0.6) is 0 Å². The van der Waals surface area contributed by atoms with Crippen molar-refractivity contribution in [2.24, 2.45) is 28.6 Å². The summed E-state index contributed by atoms with van der Waals surface area (Å²) in [4.78, 5) is 0. The molecule has 4 aliphatic carbocycles. The number of unbranched alkanes of at least 4 members (excludes halogenated alkanes) is 1. The van der Waals surface area contributed by atoms with Gasteiger partial charge in [-0.3, -0.25) is 0 Å². The lowest BCUT2D eigenvalue weighted by molar-refractivity contribution is -0.0761. The minimum absolute atomic E-state index is 0.0682. The Bertz CT molecular complexity index is 496. The molecule has 0 amide bonds. The Balaban J connectivity index is 0.000000415. The molecular formula is C23H40O2. The number of hydrogen-bond acceptors (Lipinski definition) is 2. The summed E-state index contributed by atoms with van der Waals surface area (Å²) in [5.41, 5.74) is 2.06. The minimum atomic E-state index is -0.202. The number of rotatable bonds is 1. The van der Waals surface area contributed by atoms with Crippen LogP contribution in [0.1, 0.15) is 91.9 Å². The van der Waals surface area contributed by atoms with Gasteiger partial charge >= 0.3 is 0 Å². The average molecular weight is 349 g/mol. The lowest BCUT2D eigenvalue weighted by atomic mass is 9.47. The van der Waals surface area contributed by atoms with Crippen LogP contribution in [0.2, 0.25) is 0 Å². The predicted molar refractivity (Wildman–Crippen MR) is 104 cm³/mol. The molecule has 0 radical (unpaired) electrons. The molecule has 0 heterocycles. The fraction of sp³-hybridized carbons (Fsp3) is 0.913. The molecule has 2 nitrogen and oxygen atoms in total. The third-order valence-electron chi connectivity index (χ3n) is 8.54. The molecule has 4 aliphatic rings. The van der Waals surface area contributed by atoms with E-state index in [-0.39, 0.29) is 17.6 Å². The molecule has 2 heteroatoms. The van der Waals surface area contributed by atoms with Crippen LogP contribution in [0, 0.1) is 28.6 Å². The first-order valence-electron chi connectivity index (χ1n) is 10.9. The van der Waals surface area contributed by atoms with Gasteiger partial charge in [-0.15, -0.1) is 0 Å². The molecule has 3 saturated carbocycles. The molecule has 144 valence electrons. The van der Waals surface area contributed by atoms with Crippen molar-refractivity contribution < 1.29 is 10.2 Å². The maximum absolute atomic E-state index is 10.5. The molecule has 2 N–H and O–H groups in total. The van der Waals surface area contributed by atoms with Gasteiger partial charge in [-0.25, -0.2) is 0 Å². The van der Waals surface area contributed by atoms with Crippen LogP contribution in [-0.4, -0.2) is 22.4 Å². The Hall–Kier alpha value is -0.340. The molecule has 4 rings (SSSR count). The second-order valence-corrected chi connectivity index (χ2v) is 9.77. The van der Waals surface area contributed by atoms with Crippen molar-refractivity contribution in [1.29, 1.82) is 0 Å². The number of fused-ring (bicyclic) bond motifs is 5. The van der Waals surface area contributed by atoms with Crippen LogP contribution in [0.3, 0.4) is 0 Å². The zero-order valence-corrected chi connectivity index (χ0v) is 16.9. The third kappa shape index (κ3) is 3.23. The molecule has 7 atom stereocenters. The largest absolute Gasteiger partial charge is 0.393 e. The van der Waals surface area contributed by atoms with Crippen molar-refractivity contribution >= 4 is 0 Å². The van der Waals surface area contributed by atoms with Crippen molar-refractivity contribution in [1.82, 2.24) is 0 Å². The van der Waals surface area contributed by atoms with Crippen molar-refractivity contribution in [3.8, 4) is 0 Å². The lowest BCUT2D eigenvalue weighted by Gasteiger charge is -2.58. The van der Waals surface area contributed by atoms with Gasteiger partial charge in [-0.1, -0.05) is 52.2 Å². The van der Waals surface area contributed by atoms with Crippen molar-refractivity contribution in [2.45, 2.75) is 104 Å². The Kier molecular flexibility index (Phi) is 5.71. The summed E-state index contributed by atoms with van der Waals surface area (Å²) in [7, 11) is 0. The van der Waals surface area contributed by atoms with Gasteiger partial charge in [0, 0.05) is 0 Å². The number of hydrogen-bond donors (Lipinski definition) is 2. The van der Waals surface area contributed by atoms with Crippen LogP contribution in [0.4, 0.5) is 0 Å². The molecule has 3 fully saturated rings. The molecule has 0 spiro atoms. The highest BCUT2D eigenvalue weighted by Crippen LogP contribution is 2.65. The zero-order chi connectivity index (χ0) is 18.2. The summed E-state index contributed by atoms with van der Waals surface area (Å²) in [6.07, 6.45) is 13.8.